The standard InChI is InChI=1S/C17H20BrFN2/c1-17(2,3)12-6-4-11(5-7-12)16(21-20)14-9-8-13(19)10-15(14)18/h4-10,16,21H,20H2,1-3H3. The topological polar surface area (TPSA) is 38.0 Å². The van der Waals surface area contributed by atoms with Gasteiger partial charge in [0.25, 0.3) is 0 Å². The highest BCUT2D eigenvalue weighted by molar-refractivity contribution is 9.10. The fourth-order valence-electron chi connectivity index (χ4n) is 2.28. The molecule has 4 heteroatoms. The van der Waals surface area contributed by atoms with Crippen LogP contribution in [-0.4, -0.2) is 0 Å². The van der Waals surface area contributed by atoms with Crippen LogP contribution >= 0.6 is 15.9 Å². The van der Waals surface area contributed by atoms with Crippen molar-refractivity contribution in [2.75, 3.05) is 0 Å². The normalized spacial score (nSPS) is 13.2. The summed E-state index contributed by atoms with van der Waals surface area (Å²) in [5, 5.41) is 0. The van der Waals surface area contributed by atoms with Gasteiger partial charge in [0.15, 0.2) is 0 Å². The second kappa shape index (κ2) is 6.26. The van der Waals surface area contributed by atoms with E-state index in [1.807, 2.05) is 0 Å². The molecule has 0 aliphatic carbocycles. The fraction of sp³-hybridized carbons (Fsp3) is 0.294. The summed E-state index contributed by atoms with van der Waals surface area (Å²) < 4.78 is 13.9. The number of rotatable bonds is 3. The van der Waals surface area contributed by atoms with Crippen molar-refractivity contribution in [1.29, 1.82) is 0 Å². The molecule has 0 aromatic heterocycles. The number of nitrogens with two attached hydrogens (primary N) is 1. The molecule has 0 radical (unpaired) electrons. The Labute approximate surface area is 133 Å². The molecule has 112 valence electrons. The minimum absolute atomic E-state index is 0.112. The number of hydrazine groups is 1. The van der Waals surface area contributed by atoms with Crippen LogP contribution in [0, 0.1) is 5.82 Å². The number of halogens is 2. The lowest BCUT2D eigenvalue weighted by atomic mass is 9.86. The summed E-state index contributed by atoms with van der Waals surface area (Å²) in [4.78, 5) is 0. The number of benzene rings is 2. The maximum absolute atomic E-state index is 13.2. The van der Waals surface area contributed by atoms with Gasteiger partial charge in [-0.15, -0.1) is 0 Å². The second-order valence-electron chi connectivity index (χ2n) is 6.14. The predicted octanol–water partition coefficient (Wildman–Crippen LogP) is 4.44. The molecule has 0 aliphatic heterocycles. The molecule has 2 rings (SSSR count). The van der Waals surface area contributed by atoms with Gasteiger partial charge in [0.1, 0.15) is 5.82 Å². The molecule has 2 nitrogen and oxygen atoms in total. The van der Waals surface area contributed by atoms with Crippen LogP contribution in [0.25, 0.3) is 0 Å². The first-order valence-electron chi connectivity index (χ1n) is 6.84. The van der Waals surface area contributed by atoms with Crippen LogP contribution in [0.4, 0.5) is 4.39 Å². The smallest absolute Gasteiger partial charge is 0.124 e. The molecule has 0 fully saturated rings. The molecule has 21 heavy (non-hydrogen) atoms. The maximum atomic E-state index is 13.2. The maximum Gasteiger partial charge on any atom is 0.124 e. The van der Waals surface area contributed by atoms with Crippen LogP contribution < -0.4 is 11.3 Å². The molecule has 1 atom stereocenters. The van der Waals surface area contributed by atoms with E-state index in [1.54, 1.807) is 6.07 Å². The van der Waals surface area contributed by atoms with Crippen LogP contribution in [-0.2, 0) is 5.41 Å². The summed E-state index contributed by atoms with van der Waals surface area (Å²) in [6.45, 7) is 6.53. The Bertz CT molecular complexity index is 618. The number of hydrogen-bond acceptors (Lipinski definition) is 2. The van der Waals surface area contributed by atoms with Crippen LogP contribution in [0.2, 0.25) is 0 Å². The third-order valence-corrected chi connectivity index (χ3v) is 4.24. The van der Waals surface area contributed by atoms with Gasteiger partial charge in [-0.2, -0.15) is 0 Å². The molecule has 2 aromatic carbocycles. The third kappa shape index (κ3) is 3.70. The van der Waals surface area contributed by atoms with E-state index in [2.05, 4.69) is 66.4 Å². The monoisotopic (exact) mass is 350 g/mol. The van der Waals surface area contributed by atoms with Crippen molar-refractivity contribution in [3.05, 3.63) is 69.4 Å². The lowest BCUT2D eigenvalue weighted by Gasteiger charge is -2.22. The van der Waals surface area contributed by atoms with Crippen molar-refractivity contribution < 1.29 is 4.39 Å². The van der Waals surface area contributed by atoms with Gasteiger partial charge >= 0.3 is 0 Å². The van der Waals surface area contributed by atoms with Crippen molar-refractivity contribution in [2.24, 2.45) is 5.84 Å². The van der Waals surface area contributed by atoms with Gasteiger partial charge in [-0.05, 0) is 34.2 Å². The average molecular weight is 351 g/mol. The Kier molecular flexibility index (Phi) is 4.81. The zero-order valence-electron chi connectivity index (χ0n) is 12.5. The van der Waals surface area contributed by atoms with Crippen LogP contribution in [0.1, 0.15) is 43.5 Å². The summed E-state index contributed by atoms with van der Waals surface area (Å²) in [6.07, 6.45) is 0. The van der Waals surface area contributed by atoms with Gasteiger partial charge in [-0.3, -0.25) is 5.84 Å². The summed E-state index contributed by atoms with van der Waals surface area (Å²) >= 11 is 3.40. The Morgan fingerprint density at radius 1 is 1.10 bits per heavy atom. The zero-order chi connectivity index (χ0) is 15.6. The Hall–Kier alpha value is -1.23. The Balaban J connectivity index is 2.37. The first-order chi connectivity index (χ1) is 9.82. The molecule has 0 spiro atoms. The second-order valence-corrected chi connectivity index (χ2v) is 6.99. The van der Waals surface area contributed by atoms with E-state index in [1.165, 1.54) is 17.7 Å². The summed E-state index contributed by atoms with van der Waals surface area (Å²) in [6, 6.07) is 12.8. The highest BCUT2D eigenvalue weighted by atomic mass is 79.9. The molecule has 0 amide bonds. The largest absolute Gasteiger partial charge is 0.271 e. The van der Waals surface area contributed by atoms with Crippen molar-refractivity contribution in [1.82, 2.24) is 5.43 Å². The van der Waals surface area contributed by atoms with Crippen LogP contribution in [0.5, 0.6) is 0 Å². The Morgan fingerprint density at radius 3 is 2.19 bits per heavy atom. The number of nitrogens with one attached hydrogen (secondary N) is 1. The third-order valence-electron chi connectivity index (χ3n) is 3.55. The van der Waals surface area contributed by atoms with Gasteiger partial charge in [0.2, 0.25) is 0 Å². The highest BCUT2D eigenvalue weighted by Crippen LogP contribution is 2.30. The van der Waals surface area contributed by atoms with Gasteiger partial charge in [-0.1, -0.05) is 67.0 Å². The molecular weight excluding hydrogens is 331 g/mol. The highest BCUT2D eigenvalue weighted by Gasteiger charge is 2.18. The van der Waals surface area contributed by atoms with E-state index in [0.717, 1.165) is 11.1 Å². The molecule has 0 bridgehead atoms. The molecule has 0 saturated carbocycles. The summed E-state index contributed by atoms with van der Waals surface area (Å²) in [5.74, 6) is 5.43. The van der Waals surface area contributed by atoms with Crippen LogP contribution in [0.3, 0.4) is 0 Å². The van der Waals surface area contributed by atoms with E-state index in [-0.39, 0.29) is 17.3 Å². The number of hydrogen-bond donors (Lipinski definition) is 2. The van der Waals surface area contributed by atoms with Crippen molar-refractivity contribution >= 4 is 15.9 Å². The molecule has 2 aromatic rings. The fourth-order valence-corrected chi connectivity index (χ4v) is 2.86. The van der Waals surface area contributed by atoms with Crippen molar-refractivity contribution in [2.45, 2.75) is 32.2 Å². The predicted molar refractivity (Wildman–Crippen MR) is 88.4 cm³/mol. The SMILES string of the molecule is CC(C)(C)c1ccc(C(NN)c2ccc(F)cc2Br)cc1. The van der Waals surface area contributed by atoms with E-state index in [0.29, 0.717) is 4.47 Å². The zero-order valence-corrected chi connectivity index (χ0v) is 14.0. The van der Waals surface area contributed by atoms with Gasteiger partial charge in [0.05, 0.1) is 6.04 Å². The van der Waals surface area contributed by atoms with E-state index in [9.17, 15) is 4.39 Å². The molecule has 0 aliphatic rings. The van der Waals surface area contributed by atoms with Gasteiger partial charge < -0.3 is 0 Å². The van der Waals surface area contributed by atoms with Crippen LogP contribution in [0.15, 0.2) is 46.9 Å². The van der Waals surface area contributed by atoms with Crippen molar-refractivity contribution in [3.8, 4) is 0 Å². The minimum atomic E-state index is -0.274. The molecular formula is C17H20BrFN2. The van der Waals surface area contributed by atoms with Gasteiger partial charge in [0, 0.05) is 4.47 Å². The first kappa shape index (κ1) is 16.1. The lowest BCUT2D eigenvalue weighted by molar-refractivity contribution is 0.587. The molecule has 3 N–H and O–H groups in total. The molecule has 0 heterocycles. The average Bonchev–Trinajstić information content (AvgIpc) is 2.41. The van der Waals surface area contributed by atoms with Crippen molar-refractivity contribution in [3.63, 3.8) is 0 Å². The molecule has 1 unspecified atom stereocenters. The molecule has 0 saturated heterocycles. The van der Waals surface area contributed by atoms with E-state index < -0.39 is 0 Å². The van der Waals surface area contributed by atoms with E-state index in [4.69, 9.17) is 5.84 Å². The first-order valence-corrected chi connectivity index (χ1v) is 7.64. The quantitative estimate of drug-likeness (QED) is 0.634. The minimum Gasteiger partial charge on any atom is -0.271 e. The van der Waals surface area contributed by atoms with Gasteiger partial charge in [-0.25, -0.2) is 9.82 Å². The van der Waals surface area contributed by atoms with E-state index >= 15 is 0 Å². The Morgan fingerprint density at radius 2 is 1.71 bits per heavy atom. The summed E-state index contributed by atoms with van der Waals surface area (Å²) in [5.41, 5.74) is 6.12. The lowest BCUT2D eigenvalue weighted by Crippen LogP contribution is -2.29. The summed E-state index contributed by atoms with van der Waals surface area (Å²) in [7, 11) is 0.